The van der Waals surface area contributed by atoms with Crippen LogP contribution in [0.1, 0.15) is 25.7 Å². The fourth-order valence-corrected chi connectivity index (χ4v) is 4.41. The largest absolute Gasteiger partial charge is 0.460 e. The Bertz CT molecular complexity index is 873. The molecule has 26 heavy (non-hydrogen) atoms. The maximum Gasteiger partial charge on any atom is 0.316 e. The summed E-state index contributed by atoms with van der Waals surface area (Å²) in [6.07, 6.45) is 5.35. The van der Waals surface area contributed by atoms with Crippen LogP contribution < -0.4 is 9.46 Å². The second-order valence-electron chi connectivity index (χ2n) is 5.97. The van der Waals surface area contributed by atoms with Gasteiger partial charge in [-0.15, -0.1) is 0 Å². The van der Waals surface area contributed by atoms with E-state index in [0.717, 1.165) is 12.1 Å². The second kappa shape index (κ2) is 8.04. The standard InChI is InChI=1S/C16H16Cl2FN3O3S/c17-10-8-20-16(21-9-10)25-12-3-1-11(2-4-12)22-26(23,24)13-5-6-15(19)14(18)7-13/h5-9,11-12,22H,1-4H2. The predicted octanol–water partition coefficient (Wildman–Crippen LogP) is 3.59. The molecule has 1 aliphatic rings. The molecule has 1 aromatic carbocycles. The van der Waals surface area contributed by atoms with E-state index in [4.69, 9.17) is 27.9 Å². The molecule has 0 radical (unpaired) electrons. The zero-order valence-corrected chi connectivity index (χ0v) is 15.9. The van der Waals surface area contributed by atoms with Crippen molar-refractivity contribution in [2.24, 2.45) is 0 Å². The monoisotopic (exact) mass is 419 g/mol. The van der Waals surface area contributed by atoms with E-state index < -0.39 is 15.8 Å². The molecule has 0 atom stereocenters. The molecule has 6 nitrogen and oxygen atoms in total. The van der Waals surface area contributed by atoms with Crippen molar-refractivity contribution in [3.63, 3.8) is 0 Å². The van der Waals surface area contributed by atoms with Crippen molar-refractivity contribution in [2.45, 2.75) is 42.7 Å². The molecule has 0 aliphatic heterocycles. The third kappa shape index (κ3) is 4.82. The Labute approximate surface area is 160 Å². The summed E-state index contributed by atoms with van der Waals surface area (Å²) in [6.45, 7) is 0. The molecule has 2 aromatic rings. The van der Waals surface area contributed by atoms with Crippen molar-refractivity contribution in [1.82, 2.24) is 14.7 Å². The van der Waals surface area contributed by atoms with Crippen molar-refractivity contribution in [2.75, 3.05) is 0 Å². The summed E-state index contributed by atoms with van der Waals surface area (Å²) in [5.74, 6) is -0.660. The number of hydrogen-bond donors (Lipinski definition) is 1. The van der Waals surface area contributed by atoms with Gasteiger partial charge in [0.05, 0.1) is 27.3 Å². The Kier molecular flexibility index (Phi) is 5.96. The molecule has 0 amide bonds. The van der Waals surface area contributed by atoms with Crippen molar-refractivity contribution < 1.29 is 17.5 Å². The minimum atomic E-state index is -3.76. The Morgan fingerprint density at radius 1 is 1.12 bits per heavy atom. The van der Waals surface area contributed by atoms with E-state index in [0.29, 0.717) is 30.7 Å². The lowest BCUT2D eigenvalue weighted by Gasteiger charge is -2.28. The first kappa shape index (κ1) is 19.3. The number of benzene rings is 1. The van der Waals surface area contributed by atoms with E-state index >= 15 is 0 Å². The lowest BCUT2D eigenvalue weighted by molar-refractivity contribution is 0.132. The van der Waals surface area contributed by atoms with Gasteiger partial charge in [-0.3, -0.25) is 0 Å². The SMILES string of the molecule is O=S(=O)(NC1CCC(Oc2ncc(Cl)cn2)CC1)c1ccc(F)c(Cl)c1. The normalized spacial score (nSPS) is 20.7. The summed E-state index contributed by atoms with van der Waals surface area (Å²) in [5, 5.41) is 0.198. The topological polar surface area (TPSA) is 81.2 Å². The number of aromatic nitrogens is 2. The molecule has 1 saturated carbocycles. The van der Waals surface area contributed by atoms with E-state index in [-0.39, 0.29) is 28.1 Å². The number of ether oxygens (including phenoxy) is 1. The number of nitrogens with one attached hydrogen (secondary N) is 1. The van der Waals surface area contributed by atoms with E-state index in [1.165, 1.54) is 18.5 Å². The van der Waals surface area contributed by atoms with Crippen LogP contribution >= 0.6 is 23.2 Å². The average Bonchev–Trinajstić information content (AvgIpc) is 2.61. The number of rotatable bonds is 5. The first-order chi connectivity index (χ1) is 12.3. The fourth-order valence-electron chi connectivity index (χ4n) is 2.74. The van der Waals surface area contributed by atoms with Crippen molar-refractivity contribution >= 4 is 33.2 Å². The van der Waals surface area contributed by atoms with Crippen LogP contribution in [-0.4, -0.2) is 30.5 Å². The van der Waals surface area contributed by atoms with E-state index in [2.05, 4.69) is 14.7 Å². The second-order valence-corrected chi connectivity index (χ2v) is 8.53. The summed E-state index contributed by atoms with van der Waals surface area (Å²) in [4.78, 5) is 7.91. The third-order valence-corrected chi connectivity index (χ3v) is 6.07. The van der Waals surface area contributed by atoms with Gasteiger partial charge in [0, 0.05) is 6.04 Å². The average molecular weight is 420 g/mol. The van der Waals surface area contributed by atoms with Crippen LogP contribution in [0, 0.1) is 5.82 Å². The molecular weight excluding hydrogens is 404 g/mol. The van der Waals surface area contributed by atoms with Gasteiger partial charge in [0.25, 0.3) is 0 Å². The van der Waals surface area contributed by atoms with Gasteiger partial charge in [-0.25, -0.2) is 27.5 Å². The number of halogens is 3. The molecule has 3 rings (SSSR count). The predicted molar refractivity (Wildman–Crippen MR) is 95.4 cm³/mol. The summed E-state index contributed by atoms with van der Waals surface area (Å²) in [6, 6.07) is 3.35. The Hall–Kier alpha value is -1.48. The van der Waals surface area contributed by atoms with Crippen LogP contribution in [0.15, 0.2) is 35.5 Å². The Morgan fingerprint density at radius 2 is 1.77 bits per heavy atom. The van der Waals surface area contributed by atoms with Crippen LogP contribution in [0.3, 0.4) is 0 Å². The third-order valence-electron chi connectivity index (χ3n) is 4.07. The highest BCUT2D eigenvalue weighted by atomic mass is 35.5. The van der Waals surface area contributed by atoms with E-state index in [9.17, 15) is 12.8 Å². The molecule has 0 saturated heterocycles. The fraction of sp³-hybridized carbons (Fsp3) is 0.375. The van der Waals surface area contributed by atoms with Crippen LogP contribution in [0.5, 0.6) is 6.01 Å². The van der Waals surface area contributed by atoms with Gasteiger partial charge >= 0.3 is 6.01 Å². The summed E-state index contributed by atoms with van der Waals surface area (Å²) in [5.41, 5.74) is 0. The zero-order chi connectivity index (χ0) is 18.7. The molecule has 0 spiro atoms. The van der Waals surface area contributed by atoms with Gasteiger partial charge in [0.1, 0.15) is 11.9 Å². The molecule has 0 unspecified atom stereocenters. The summed E-state index contributed by atoms with van der Waals surface area (Å²) < 4.78 is 46.4. The molecular formula is C16H16Cl2FN3O3S. The lowest BCUT2D eigenvalue weighted by atomic mass is 9.94. The zero-order valence-electron chi connectivity index (χ0n) is 13.5. The highest BCUT2D eigenvalue weighted by Crippen LogP contribution is 2.25. The quantitative estimate of drug-likeness (QED) is 0.800. The minimum Gasteiger partial charge on any atom is -0.460 e. The smallest absolute Gasteiger partial charge is 0.316 e. The van der Waals surface area contributed by atoms with Gasteiger partial charge in [-0.05, 0) is 43.9 Å². The maximum atomic E-state index is 13.2. The molecule has 0 bridgehead atoms. The van der Waals surface area contributed by atoms with Crippen LogP contribution in [0.4, 0.5) is 4.39 Å². The summed E-state index contributed by atoms with van der Waals surface area (Å²) >= 11 is 11.4. The van der Waals surface area contributed by atoms with Crippen LogP contribution in [0.25, 0.3) is 0 Å². The summed E-state index contributed by atoms with van der Waals surface area (Å²) in [7, 11) is -3.76. The Morgan fingerprint density at radius 3 is 2.38 bits per heavy atom. The molecule has 1 aliphatic carbocycles. The molecule has 1 fully saturated rings. The van der Waals surface area contributed by atoms with E-state index in [1.807, 2.05) is 0 Å². The minimum absolute atomic E-state index is 0.0585. The van der Waals surface area contributed by atoms with Crippen molar-refractivity contribution in [1.29, 1.82) is 0 Å². The van der Waals surface area contributed by atoms with Gasteiger partial charge < -0.3 is 4.74 Å². The molecule has 1 heterocycles. The van der Waals surface area contributed by atoms with Crippen LogP contribution in [0.2, 0.25) is 10.0 Å². The highest BCUT2D eigenvalue weighted by molar-refractivity contribution is 7.89. The number of nitrogens with zero attached hydrogens (tertiary/aromatic N) is 2. The van der Waals surface area contributed by atoms with E-state index in [1.54, 1.807) is 0 Å². The maximum absolute atomic E-state index is 13.2. The lowest BCUT2D eigenvalue weighted by Crippen LogP contribution is -2.39. The molecule has 1 aromatic heterocycles. The first-order valence-electron chi connectivity index (χ1n) is 7.95. The van der Waals surface area contributed by atoms with Crippen LogP contribution in [-0.2, 0) is 10.0 Å². The van der Waals surface area contributed by atoms with Gasteiger partial charge in [0.2, 0.25) is 10.0 Å². The highest BCUT2D eigenvalue weighted by Gasteiger charge is 2.27. The van der Waals surface area contributed by atoms with Gasteiger partial charge in [0.15, 0.2) is 0 Å². The van der Waals surface area contributed by atoms with Gasteiger partial charge in [-0.1, -0.05) is 23.2 Å². The first-order valence-corrected chi connectivity index (χ1v) is 10.2. The molecule has 1 N–H and O–H groups in total. The van der Waals surface area contributed by atoms with Crippen molar-refractivity contribution in [3.05, 3.63) is 46.5 Å². The molecule has 140 valence electrons. The molecule has 10 heteroatoms. The number of hydrogen-bond acceptors (Lipinski definition) is 5. The number of sulfonamides is 1. The van der Waals surface area contributed by atoms with Crippen molar-refractivity contribution in [3.8, 4) is 6.01 Å². The van der Waals surface area contributed by atoms with Gasteiger partial charge in [-0.2, -0.15) is 0 Å². The Balaban J connectivity index is 1.56.